The van der Waals surface area contributed by atoms with Crippen LogP contribution in [-0.4, -0.2) is 33.4 Å². The third-order valence-electron chi connectivity index (χ3n) is 5.04. The molecule has 3 aromatic heterocycles. The lowest BCUT2D eigenvalue weighted by Gasteiger charge is -2.22. The highest BCUT2D eigenvalue weighted by Crippen LogP contribution is 2.29. The Morgan fingerprint density at radius 3 is 2.97 bits per heavy atom. The molecule has 29 heavy (non-hydrogen) atoms. The van der Waals surface area contributed by atoms with Gasteiger partial charge in [-0.3, -0.25) is 14.8 Å². The van der Waals surface area contributed by atoms with E-state index in [4.69, 9.17) is 4.42 Å². The third-order valence-corrected chi connectivity index (χ3v) is 5.92. The SMILES string of the molecule is O=C(NCc1nccnc1-c1cccs1)[C@H]1CCCN1c1nc2ccccc2o1. The summed E-state index contributed by atoms with van der Waals surface area (Å²) in [5.74, 6) is -0.0486. The summed E-state index contributed by atoms with van der Waals surface area (Å²) in [7, 11) is 0. The summed E-state index contributed by atoms with van der Waals surface area (Å²) in [4.78, 5) is 29.4. The minimum atomic E-state index is -0.301. The van der Waals surface area contributed by atoms with Crippen LogP contribution in [0.2, 0.25) is 0 Å². The van der Waals surface area contributed by atoms with E-state index in [0.717, 1.165) is 46.8 Å². The maximum absolute atomic E-state index is 12.9. The minimum Gasteiger partial charge on any atom is -0.423 e. The van der Waals surface area contributed by atoms with Crippen molar-refractivity contribution in [2.45, 2.75) is 25.4 Å². The highest BCUT2D eigenvalue weighted by molar-refractivity contribution is 7.13. The number of rotatable bonds is 5. The first kappa shape index (κ1) is 17.8. The minimum absolute atomic E-state index is 0.0486. The Labute approximate surface area is 171 Å². The first-order valence-electron chi connectivity index (χ1n) is 9.53. The number of thiophene rings is 1. The molecular weight excluding hydrogens is 386 g/mol. The van der Waals surface area contributed by atoms with Gasteiger partial charge in [0, 0.05) is 18.9 Å². The highest BCUT2D eigenvalue weighted by Gasteiger charge is 2.33. The predicted molar refractivity (Wildman–Crippen MR) is 112 cm³/mol. The van der Waals surface area contributed by atoms with Gasteiger partial charge in [0.25, 0.3) is 6.01 Å². The van der Waals surface area contributed by atoms with Gasteiger partial charge in [-0.1, -0.05) is 18.2 Å². The van der Waals surface area contributed by atoms with Crippen molar-refractivity contribution < 1.29 is 9.21 Å². The van der Waals surface area contributed by atoms with Crippen LogP contribution in [0.4, 0.5) is 6.01 Å². The number of carbonyl (C=O) groups is 1. The summed E-state index contributed by atoms with van der Waals surface area (Å²) in [6, 6.07) is 11.8. The Hall–Kier alpha value is -3.26. The predicted octanol–water partition coefficient (Wildman–Crippen LogP) is 3.63. The van der Waals surface area contributed by atoms with Gasteiger partial charge in [0.2, 0.25) is 5.91 Å². The van der Waals surface area contributed by atoms with Gasteiger partial charge in [0.1, 0.15) is 17.3 Å². The van der Waals surface area contributed by atoms with E-state index in [1.807, 2.05) is 46.7 Å². The van der Waals surface area contributed by atoms with Crippen molar-refractivity contribution in [3.8, 4) is 10.6 Å². The van der Waals surface area contributed by atoms with Gasteiger partial charge in [-0.05, 0) is 36.4 Å². The number of para-hydroxylation sites is 2. The Bertz CT molecular complexity index is 1110. The van der Waals surface area contributed by atoms with Gasteiger partial charge >= 0.3 is 0 Å². The molecule has 0 bridgehead atoms. The maximum Gasteiger partial charge on any atom is 0.299 e. The lowest BCUT2D eigenvalue weighted by atomic mass is 10.2. The summed E-state index contributed by atoms with van der Waals surface area (Å²) in [5.41, 5.74) is 3.10. The topological polar surface area (TPSA) is 84.2 Å². The second-order valence-corrected chi connectivity index (χ2v) is 7.81. The molecule has 4 heterocycles. The molecule has 0 saturated carbocycles. The summed E-state index contributed by atoms with van der Waals surface area (Å²) >= 11 is 1.61. The van der Waals surface area contributed by atoms with Crippen molar-refractivity contribution in [1.29, 1.82) is 0 Å². The molecule has 1 aliphatic rings. The summed E-state index contributed by atoms with van der Waals surface area (Å²) in [6.07, 6.45) is 5.01. The average Bonchev–Trinajstić information content (AvgIpc) is 3.51. The van der Waals surface area contributed by atoms with Crippen molar-refractivity contribution in [2.24, 2.45) is 0 Å². The first-order chi connectivity index (χ1) is 14.3. The fourth-order valence-corrected chi connectivity index (χ4v) is 4.40. The zero-order valence-corrected chi connectivity index (χ0v) is 16.4. The third kappa shape index (κ3) is 3.47. The molecule has 5 rings (SSSR count). The van der Waals surface area contributed by atoms with Crippen molar-refractivity contribution >= 4 is 34.4 Å². The van der Waals surface area contributed by atoms with Gasteiger partial charge in [0.05, 0.1) is 17.1 Å². The van der Waals surface area contributed by atoms with Gasteiger partial charge in [0.15, 0.2) is 5.58 Å². The second kappa shape index (κ2) is 7.63. The first-order valence-corrected chi connectivity index (χ1v) is 10.4. The molecule has 1 N–H and O–H groups in total. The quantitative estimate of drug-likeness (QED) is 0.546. The van der Waals surface area contributed by atoms with Crippen LogP contribution in [0.5, 0.6) is 0 Å². The van der Waals surface area contributed by atoms with E-state index >= 15 is 0 Å². The number of amides is 1. The molecule has 1 saturated heterocycles. The number of benzene rings is 1. The Balaban J connectivity index is 1.32. The van der Waals surface area contributed by atoms with E-state index in [1.54, 1.807) is 23.7 Å². The van der Waals surface area contributed by atoms with Crippen LogP contribution in [-0.2, 0) is 11.3 Å². The largest absolute Gasteiger partial charge is 0.423 e. The molecule has 1 amide bonds. The molecule has 0 aliphatic carbocycles. The van der Waals surface area contributed by atoms with Crippen LogP contribution in [0.3, 0.4) is 0 Å². The standard InChI is InChI=1S/C21H19N5O2S/c27-20(24-13-15-19(23-10-9-22-15)18-8-4-12-29-18)16-6-3-11-26(16)21-25-14-5-1-2-7-17(14)28-21/h1-2,4-5,7-10,12,16H,3,6,11,13H2,(H,24,27)/t16-/m1/s1. The highest BCUT2D eigenvalue weighted by atomic mass is 32.1. The normalized spacial score (nSPS) is 16.4. The van der Waals surface area contributed by atoms with Crippen LogP contribution in [0.25, 0.3) is 21.7 Å². The molecule has 146 valence electrons. The Morgan fingerprint density at radius 2 is 2.10 bits per heavy atom. The van der Waals surface area contributed by atoms with Gasteiger partial charge in [-0.25, -0.2) is 0 Å². The number of anilines is 1. The Kier molecular flexibility index (Phi) is 4.69. The van der Waals surface area contributed by atoms with Gasteiger partial charge < -0.3 is 14.6 Å². The van der Waals surface area contributed by atoms with Gasteiger partial charge in [-0.15, -0.1) is 11.3 Å². The van der Waals surface area contributed by atoms with Crippen LogP contribution in [0, 0.1) is 0 Å². The number of nitrogens with one attached hydrogen (secondary N) is 1. The maximum atomic E-state index is 12.9. The molecule has 1 aromatic carbocycles. The van der Waals surface area contributed by atoms with Crippen molar-refractivity contribution in [3.63, 3.8) is 0 Å². The number of aromatic nitrogens is 3. The van der Waals surface area contributed by atoms with E-state index < -0.39 is 0 Å². The zero-order valence-electron chi connectivity index (χ0n) is 15.6. The van der Waals surface area contributed by atoms with Crippen molar-refractivity contribution in [2.75, 3.05) is 11.4 Å². The van der Waals surface area contributed by atoms with E-state index in [1.165, 1.54) is 0 Å². The van der Waals surface area contributed by atoms with Crippen LogP contribution < -0.4 is 10.2 Å². The van der Waals surface area contributed by atoms with Crippen LogP contribution in [0.15, 0.2) is 58.6 Å². The number of hydrogen-bond donors (Lipinski definition) is 1. The number of nitrogens with zero attached hydrogens (tertiary/aromatic N) is 4. The van der Waals surface area contributed by atoms with Crippen molar-refractivity contribution in [3.05, 3.63) is 59.9 Å². The van der Waals surface area contributed by atoms with E-state index in [-0.39, 0.29) is 11.9 Å². The molecular formula is C21H19N5O2S. The average molecular weight is 405 g/mol. The van der Waals surface area contributed by atoms with E-state index in [9.17, 15) is 4.79 Å². The van der Waals surface area contributed by atoms with Crippen molar-refractivity contribution in [1.82, 2.24) is 20.3 Å². The molecule has 0 radical (unpaired) electrons. The molecule has 1 aliphatic heterocycles. The summed E-state index contributed by atoms with van der Waals surface area (Å²) < 4.78 is 5.88. The number of carbonyl (C=O) groups excluding carboxylic acids is 1. The van der Waals surface area contributed by atoms with E-state index in [2.05, 4.69) is 20.3 Å². The number of fused-ring (bicyclic) bond motifs is 1. The summed E-state index contributed by atoms with van der Waals surface area (Å²) in [5, 5.41) is 5.03. The molecule has 4 aromatic rings. The van der Waals surface area contributed by atoms with Crippen LogP contribution in [0.1, 0.15) is 18.5 Å². The fraction of sp³-hybridized carbons (Fsp3) is 0.238. The van der Waals surface area contributed by atoms with Crippen LogP contribution >= 0.6 is 11.3 Å². The molecule has 1 atom stereocenters. The zero-order chi connectivity index (χ0) is 19.6. The second-order valence-electron chi connectivity index (χ2n) is 6.86. The lowest BCUT2D eigenvalue weighted by Crippen LogP contribution is -2.43. The molecule has 0 unspecified atom stereocenters. The molecule has 8 heteroatoms. The number of hydrogen-bond acceptors (Lipinski definition) is 7. The monoisotopic (exact) mass is 405 g/mol. The lowest BCUT2D eigenvalue weighted by molar-refractivity contribution is -0.122. The molecule has 7 nitrogen and oxygen atoms in total. The van der Waals surface area contributed by atoms with Gasteiger partial charge in [-0.2, -0.15) is 4.98 Å². The smallest absolute Gasteiger partial charge is 0.299 e. The summed E-state index contributed by atoms with van der Waals surface area (Å²) in [6.45, 7) is 1.08. The Morgan fingerprint density at radius 1 is 1.21 bits per heavy atom. The molecule has 0 spiro atoms. The van der Waals surface area contributed by atoms with E-state index in [0.29, 0.717) is 12.6 Å². The fourth-order valence-electron chi connectivity index (χ4n) is 3.66. The molecule has 1 fully saturated rings. The number of oxazole rings is 1.